The Morgan fingerprint density at radius 1 is 1.32 bits per heavy atom. The molecule has 1 saturated carbocycles. The summed E-state index contributed by atoms with van der Waals surface area (Å²) in [6.45, 7) is 3.22. The van der Waals surface area contributed by atoms with Crippen LogP contribution in [0.2, 0.25) is 0 Å². The van der Waals surface area contributed by atoms with Gasteiger partial charge in [0.05, 0.1) is 6.04 Å². The number of hydrogen-bond donors (Lipinski definition) is 1. The second-order valence-electron chi connectivity index (χ2n) is 5.97. The number of likely N-dealkylation sites (tertiary alicyclic amines) is 1. The maximum Gasteiger partial charge on any atom is 0.0575 e. The molecule has 1 aromatic rings. The van der Waals surface area contributed by atoms with Crippen LogP contribution in [0.25, 0.3) is 0 Å². The van der Waals surface area contributed by atoms with Crippen molar-refractivity contribution in [3.8, 4) is 0 Å². The van der Waals surface area contributed by atoms with Gasteiger partial charge in [-0.05, 0) is 58.6 Å². The van der Waals surface area contributed by atoms with Crippen molar-refractivity contribution in [3.63, 3.8) is 0 Å². The highest BCUT2D eigenvalue weighted by atomic mass is 79.9. The van der Waals surface area contributed by atoms with Crippen molar-refractivity contribution in [2.45, 2.75) is 38.1 Å². The summed E-state index contributed by atoms with van der Waals surface area (Å²) in [4.78, 5) is 4.06. The van der Waals surface area contributed by atoms with E-state index in [1.54, 1.807) is 0 Å². The standard InChI is InChI=1S/C15H23BrN2S/c16-13-6-8-19-15(13)14(9-17)18-7-5-11-3-1-2-4-12(11)10-18/h6,8,11-12,14H,1-5,7,9-10,17H2. The first-order valence-electron chi connectivity index (χ1n) is 7.46. The molecule has 4 heteroatoms. The number of nitrogens with two attached hydrogens (primary N) is 1. The number of hydrogen-bond acceptors (Lipinski definition) is 3. The minimum atomic E-state index is 0.414. The third-order valence-corrected chi connectivity index (χ3v) is 6.91. The molecule has 2 heterocycles. The van der Waals surface area contributed by atoms with Gasteiger partial charge in [-0.25, -0.2) is 0 Å². The average Bonchev–Trinajstić information content (AvgIpc) is 2.86. The Bertz CT molecular complexity index is 420. The molecule has 2 fully saturated rings. The fourth-order valence-electron chi connectivity index (χ4n) is 3.88. The molecule has 2 N–H and O–H groups in total. The van der Waals surface area contributed by atoms with E-state index in [0.29, 0.717) is 6.04 Å². The van der Waals surface area contributed by atoms with E-state index in [1.165, 1.54) is 54.5 Å². The lowest BCUT2D eigenvalue weighted by molar-refractivity contribution is 0.0595. The molecule has 0 spiro atoms. The molecule has 3 rings (SSSR count). The number of rotatable bonds is 3. The van der Waals surface area contributed by atoms with E-state index in [9.17, 15) is 0 Å². The number of nitrogens with zero attached hydrogens (tertiary/aromatic N) is 1. The highest BCUT2D eigenvalue weighted by molar-refractivity contribution is 9.10. The molecule has 0 radical (unpaired) electrons. The fourth-order valence-corrected chi connectivity index (χ4v) is 5.66. The summed E-state index contributed by atoms with van der Waals surface area (Å²) in [5.41, 5.74) is 6.08. The van der Waals surface area contributed by atoms with E-state index >= 15 is 0 Å². The number of fused-ring (bicyclic) bond motifs is 1. The van der Waals surface area contributed by atoms with Crippen LogP contribution in [-0.4, -0.2) is 24.5 Å². The van der Waals surface area contributed by atoms with Crippen molar-refractivity contribution < 1.29 is 0 Å². The Balaban J connectivity index is 1.72. The van der Waals surface area contributed by atoms with Gasteiger partial charge in [-0.2, -0.15) is 0 Å². The Morgan fingerprint density at radius 2 is 2.11 bits per heavy atom. The van der Waals surface area contributed by atoms with E-state index in [2.05, 4.69) is 32.3 Å². The van der Waals surface area contributed by atoms with E-state index in [4.69, 9.17) is 5.73 Å². The van der Waals surface area contributed by atoms with Crippen LogP contribution in [0.15, 0.2) is 15.9 Å². The smallest absolute Gasteiger partial charge is 0.0575 e. The van der Waals surface area contributed by atoms with Crippen LogP contribution in [0.3, 0.4) is 0 Å². The zero-order chi connectivity index (χ0) is 13.2. The summed E-state index contributed by atoms with van der Waals surface area (Å²) in [6.07, 6.45) is 7.17. The summed E-state index contributed by atoms with van der Waals surface area (Å²) in [7, 11) is 0. The van der Waals surface area contributed by atoms with Crippen molar-refractivity contribution in [2.24, 2.45) is 17.6 Å². The molecule has 1 aliphatic carbocycles. The van der Waals surface area contributed by atoms with E-state index < -0.39 is 0 Å². The van der Waals surface area contributed by atoms with E-state index in [0.717, 1.165) is 18.4 Å². The third kappa shape index (κ3) is 2.92. The lowest BCUT2D eigenvalue weighted by Gasteiger charge is -2.44. The van der Waals surface area contributed by atoms with Gasteiger partial charge < -0.3 is 5.73 Å². The molecule has 3 unspecified atom stereocenters. The zero-order valence-electron chi connectivity index (χ0n) is 11.4. The van der Waals surface area contributed by atoms with Gasteiger partial charge in [-0.15, -0.1) is 11.3 Å². The maximum atomic E-state index is 6.08. The van der Waals surface area contributed by atoms with Crippen LogP contribution >= 0.6 is 27.3 Å². The molecule has 106 valence electrons. The van der Waals surface area contributed by atoms with Crippen LogP contribution in [-0.2, 0) is 0 Å². The largest absolute Gasteiger partial charge is 0.329 e. The predicted molar refractivity (Wildman–Crippen MR) is 85.5 cm³/mol. The second kappa shape index (κ2) is 6.25. The SMILES string of the molecule is NCC(c1sccc1Br)N1CCC2CCCCC2C1. The number of piperidine rings is 1. The molecule has 1 saturated heterocycles. The van der Waals surface area contributed by atoms with Gasteiger partial charge in [0.25, 0.3) is 0 Å². The van der Waals surface area contributed by atoms with E-state index in [1.807, 2.05) is 11.3 Å². The molecular weight excluding hydrogens is 320 g/mol. The van der Waals surface area contributed by atoms with Gasteiger partial charge in [0.1, 0.15) is 0 Å². The highest BCUT2D eigenvalue weighted by Gasteiger charge is 2.34. The second-order valence-corrected chi connectivity index (χ2v) is 7.77. The molecule has 19 heavy (non-hydrogen) atoms. The molecular formula is C15H23BrN2S. The Morgan fingerprint density at radius 3 is 2.79 bits per heavy atom. The van der Waals surface area contributed by atoms with Crippen LogP contribution in [0, 0.1) is 11.8 Å². The first-order valence-corrected chi connectivity index (χ1v) is 9.14. The summed E-state index contributed by atoms with van der Waals surface area (Å²) in [5, 5.41) is 2.16. The number of halogens is 1. The van der Waals surface area contributed by atoms with Crippen molar-refractivity contribution in [2.75, 3.05) is 19.6 Å². The predicted octanol–water partition coefficient (Wildman–Crippen LogP) is 4.02. The van der Waals surface area contributed by atoms with E-state index in [-0.39, 0.29) is 0 Å². The van der Waals surface area contributed by atoms with Crippen molar-refractivity contribution in [1.29, 1.82) is 0 Å². The van der Waals surface area contributed by atoms with Gasteiger partial charge in [-0.1, -0.05) is 19.3 Å². The average molecular weight is 343 g/mol. The minimum absolute atomic E-state index is 0.414. The molecule has 1 aliphatic heterocycles. The van der Waals surface area contributed by atoms with Crippen LogP contribution < -0.4 is 5.73 Å². The summed E-state index contributed by atoms with van der Waals surface area (Å²) < 4.78 is 1.23. The molecule has 1 aromatic heterocycles. The third-order valence-electron chi connectivity index (χ3n) is 4.93. The summed E-state index contributed by atoms with van der Waals surface area (Å²) >= 11 is 5.51. The van der Waals surface area contributed by atoms with Crippen molar-refractivity contribution in [3.05, 3.63) is 20.8 Å². The van der Waals surface area contributed by atoms with Crippen LogP contribution in [0.4, 0.5) is 0 Å². The summed E-state index contributed by atoms with van der Waals surface area (Å²) in [5.74, 6) is 1.92. The van der Waals surface area contributed by atoms with Crippen molar-refractivity contribution >= 4 is 27.3 Å². The van der Waals surface area contributed by atoms with Gasteiger partial charge >= 0.3 is 0 Å². The first-order chi connectivity index (χ1) is 9.29. The molecule has 0 aromatic carbocycles. The van der Waals surface area contributed by atoms with Gasteiger partial charge in [0, 0.05) is 22.4 Å². The van der Waals surface area contributed by atoms with Gasteiger partial charge in [0.15, 0.2) is 0 Å². The van der Waals surface area contributed by atoms with Crippen molar-refractivity contribution in [1.82, 2.24) is 4.90 Å². The number of thiophene rings is 1. The first kappa shape index (κ1) is 14.1. The molecule has 3 atom stereocenters. The Kier molecular flexibility index (Phi) is 4.62. The molecule has 2 nitrogen and oxygen atoms in total. The van der Waals surface area contributed by atoms with Crippen LogP contribution in [0.1, 0.15) is 43.0 Å². The minimum Gasteiger partial charge on any atom is -0.329 e. The lowest BCUT2D eigenvalue weighted by Crippen LogP contribution is -2.45. The van der Waals surface area contributed by atoms with Crippen LogP contribution in [0.5, 0.6) is 0 Å². The maximum absolute atomic E-state index is 6.08. The quantitative estimate of drug-likeness (QED) is 0.898. The molecule has 0 bridgehead atoms. The fraction of sp³-hybridized carbons (Fsp3) is 0.733. The lowest BCUT2D eigenvalue weighted by atomic mass is 9.75. The Hall–Kier alpha value is 0.1000. The zero-order valence-corrected chi connectivity index (χ0v) is 13.8. The molecule has 2 aliphatic rings. The Labute approximate surface area is 128 Å². The molecule has 0 amide bonds. The summed E-state index contributed by atoms with van der Waals surface area (Å²) in [6, 6.07) is 2.56. The monoisotopic (exact) mass is 342 g/mol. The normalized spacial score (nSPS) is 30.0. The van der Waals surface area contributed by atoms with Gasteiger partial charge in [0.2, 0.25) is 0 Å². The highest BCUT2D eigenvalue weighted by Crippen LogP contribution is 2.40. The van der Waals surface area contributed by atoms with Gasteiger partial charge in [-0.3, -0.25) is 4.90 Å². The topological polar surface area (TPSA) is 29.3 Å².